The van der Waals surface area contributed by atoms with Gasteiger partial charge in [-0.05, 0) is 140 Å². The highest BCUT2D eigenvalue weighted by atomic mass is 16.2. The molecule has 2 aromatic heterocycles. The zero-order valence-corrected chi connectivity index (χ0v) is 36.1. The van der Waals surface area contributed by atoms with Gasteiger partial charge in [-0.3, -0.25) is 9.59 Å². The smallest absolute Gasteiger partial charge is 0.234 e. The molecule has 292 valence electrons. The lowest BCUT2D eigenvalue weighted by Gasteiger charge is -2.22. The maximum atomic E-state index is 13.8. The third kappa shape index (κ3) is 5.86. The SMILES string of the molecule is CC(C)(C)c1ccc2c(c1)c1cc(C(C)(C)C)ccc1n2-c1ccc2c(c1)-c1cc(-n3c4ccc(C(C)(C)C)cc4c4cc(C(C)(C)C)ccc43)ccc1C(=O)C2=O. The van der Waals surface area contributed by atoms with Crippen LogP contribution in [0.1, 0.15) is 126 Å². The minimum absolute atomic E-state index is 0.00941. The first-order valence-corrected chi connectivity index (χ1v) is 20.7. The lowest BCUT2D eigenvalue weighted by Crippen LogP contribution is -2.21. The molecule has 1 aliphatic carbocycles. The molecule has 1 aliphatic rings. The number of hydrogen-bond acceptors (Lipinski definition) is 2. The van der Waals surface area contributed by atoms with Gasteiger partial charge >= 0.3 is 0 Å². The van der Waals surface area contributed by atoms with E-state index in [2.05, 4.69) is 177 Å². The molecule has 2 heterocycles. The fourth-order valence-electron chi connectivity index (χ4n) is 8.90. The van der Waals surface area contributed by atoms with Gasteiger partial charge in [-0.15, -0.1) is 0 Å². The number of carbonyl (C=O) groups excluding carboxylic acids is 2. The van der Waals surface area contributed by atoms with E-state index < -0.39 is 11.6 Å². The van der Waals surface area contributed by atoms with Crippen molar-refractivity contribution in [1.29, 1.82) is 0 Å². The van der Waals surface area contributed by atoms with E-state index in [0.29, 0.717) is 11.1 Å². The molecule has 0 amide bonds. The number of fused-ring (bicyclic) bond motifs is 9. The summed E-state index contributed by atoms with van der Waals surface area (Å²) in [6.45, 7) is 27.1. The van der Waals surface area contributed by atoms with E-state index in [1.807, 2.05) is 24.3 Å². The summed E-state index contributed by atoms with van der Waals surface area (Å²) in [5, 5.41) is 4.82. The molecule has 0 spiro atoms. The van der Waals surface area contributed by atoms with Crippen molar-refractivity contribution in [2.24, 2.45) is 0 Å². The third-order valence-corrected chi connectivity index (χ3v) is 12.5. The van der Waals surface area contributed by atoms with E-state index in [-0.39, 0.29) is 21.7 Å². The van der Waals surface area contributed by atoms with Gasteiger partial charge in [0.05, 0.1) is 22.1 Å². The average Bonchev–Trinajstić information content (AvgIpc) is 3.66. The summed E-state index contributed by atoms with van der Waals surface area (Å²) in [6, 6.07) is 39.3. The third-order valence-electron chi connectivity index (χ3n) is 12.5. The summed E-state index contributed by atoms with van der Waals surface area (Å²) >= 11 is 0. The maximum Gasteiger partial charge on any atom is 0.234 e. The second-order valence-corrected chi connectivity index (χ2v) is 20.7. The van der Waals surface area contributed by atoms with Gasteiger partial charge in [-0.1, -0.05) is 107 Å². The first kappa shape index (κ1) is 37.8. The largest absolute Gasteiger partial charge is 0.309 e. The van der Waals surface area contributed by atoms with Crippen molar-refractivity contribution in [3.05, 3.63) is 143 Å². The predicted molar refractivity (Wildman–Crippen MR) is 244 cm³/mol. The van der Waals surface area contributed by atoms with Crippen molar-refractivity contribution in [2.45, 2.75) is 105 Å². The number of aromatic nitrogens is 2. The van der Waals surface area contributed by atoms with Crippen LogP contribution in [0.15, 0.2) is 109 Å². The Hall–Kier alpha value is -5.74. The lowest BCUT2D eigenvalue weighted by molar-refractivity contribution is 0.0815. The number of rotatable bonds is 2. The second kappa shape index (κ2) is 12.4. The van der Waals surface area contributed by atoms with Crippen molar-refractivity contribution >= 4 is 55.2 Å². The van der Waals surface area contributed by atoms with Gasteiger partial charge in [-0.2, -0.15) is 0 Å². The lowest BCUT2D eigenvalue weighted by atomic mass is 9.83. The number of Topliss-reactive ketones (excluding diaryl/α,β-unsaturated/α-hetero) is 2. The number of hydrogen-bond donors (Lipinski definition) is 0. The van der Waals surface area contributed by atoms with Crippen LogP contribution >= 0.6 is 0 Å². The number of nitrogens with zero attached hydrogens (tertiary/aromatic N) is 2. The number of ketones is 2. The summed E-state index contributed by atoms with van der Waals surface area (Å²) in [5.41, 5.74) is 13.9. The highest BCUT2D eigenvalue weighted by Gasteiger charge is 2.32. The highest BCUT2D eigenvalue weighted by Crippen LogP contribution is 2.43. The zero-order chi connectivity index (χ0) is 41.4. The predicted octanol–water partition coefficient (Wildman–Crippen LogP) is 14.1. The van der Waals surface area contributed by atoms with Crippen LogP contribution in [0.5, 0.6) is 0 Å². The molecule has 0 bridgehead atoms. The van der Waals surface area contributed by atoms with Crippen LogP contribution in [-0.4, -0.2) is 20.7 Å². The molecule has 0 unspecified atom stereocenters. The molecule has 0 atom stereocenters. The Bertz CT molecular complexity index is 2710. The maximum absolute atomic E-state index is 13.8. The summed E-state index contributed by atoms with van der Waals surface area (Å²) in [7, 11) is 0. The topological polar surface area (TPSA) is 44.0 Å². The van der Waals surface area contributed by atoms with Gasteiger partial charge in [0.15, 0.2) is 0 Å². The Morgan fingerprint density at radius 3 is 0.810 bits per heavy atom. The van der Waals surface area contributed by atoms with Gasteiger partial charge in [-0.25, -0.2) is 0 Å². The second-order valence-electron chi connectivity index (χ2n) is 20.7. The van der Waals surface area contributed by atoms with Gasteiger partial charge in [0, 0.05) is 44.0 Å². The zero-order valence-electron chi connectivity index (χ0n) is 36.1. The van der Waals surface area contributed by atoms with Crippen molar-refractivity contribution in [3.8, 4) is 22.5 Å². The van der Waals surface area contributed by atoms with Crippen LogP contribution in [0.25, 0.3) is 66.1 Å². The van der Waals surface area contributed by atoms with E-state index in [4.69, 9.17) is 0 Å². The molecule has 0 fully saturated rings. The van der Waals surface area contributed by atoms with Crippen LogP contribution in [0.3, 0.4) is 0 Å². The summed E-state index contributed by atoms with van der Waals surface area (Å²) < 4.78 is 4.64. The molecular formula is C54H54N2O2. The van der Waals surface area contributed by atoms with Crippen LogP contribution < -0.4 is 0 Å². The first-order valence-electron chi connectivity index (χ1n) is 20.7. The van der Waals surface area contributed by atoms with Crippen molar-refractivity contribution in [3.63, 3.8) is 0 Å². The number of benzene rings is 6. The minimum Gasteiger partial charge on any atom is -0.309 e. The average molecular weight is 763 g/mol. The molecule has 9 rings (SSSR count). The van der Waals surface area contributed by atoms with Gasteiger partial charge in [0.2, 0.25) is 11.6 Å². The van der Waals surface area contributed by atoms with Crippen LogP contribution in [0.4, 0.5) is 0 Å². The van der Waals surface area contributed by atoms with Crippen LogP contribution in [-0.2, 0) is 21.7 Å². The van der Waals surface area contributed by atoms with Crippen molar-refractivity contribution in [2.75, 3.05) is 0 Å². The summed E-state index contributed by atoms with van der Waals surface area (Å²) in [6.07, 6.45) is 0. The number of carbonyl (C=O) groups is 2. The molecule has 4 heteroatoms. The minimum atomic E-state index is -0.463. The van der Waals surface area contributed by atoms with E-state index in [9.17, 15) is 9.59 Å². The highest BCUT2D eigenvalue weighted by molar-refractivity contribution is 6.53. The first-order chi connectivity index (χ1) is 27.1. The monoisotopic (exact) mass is 762 g/mol. The summed E-state index contributed by atoms with van der Waals surface area (Å²) in [4.78, 5) is 27.6. The van der Waals surface area contributed by atoms with Crippen molar-refractivity contribution < 1.29 is 9.59 Å². The van der Waals surface area contributed by atoms with Gasteiger partial charge in [0.1, 0.15) is 0 Å². The summed E-state index contributed by atoms with van der Waals surface area (Å²) in [5.74, 6) is -0.926. The quantitative estimate of drug-likeness (QED) is 0.165. The molecule has 0 saturated heterocycles. The Kier molecular flexibility index (Phi) is 8.07. The molecule has 58 heavy (non-hydrogen) atoms. The van der Waals surface area contributed by atoms with Crippen LogP contribution in [0, 0.1) is 0 Å². The van der Waals surface area contributed by atoms with Gasteiger partial charge < -0.3 is 9.13 Å². The molecular weight excluding hydrogens is 709 g/mol. The fourth-order valence-corrected chi connectivity index (χ4v) is 8.90. The molecule has 8 aromatic rings. The van der Waals surface area contributed by atoms with Crippen LogP contribution in [0.2, 0.25) is 0 Å². The van der Waals surface area contributed by atoms with Gasteiger partial charge in [0.25, 0.3) is 0 Å². The Morgan fingerprint density at radius 2 is 0.569 bits per heavy atom. The van der Waals surface area contributed by atoms with Crippen molar-refractivity contribution in [1.82, 2.24) is 9.13 Å². The molecule has 0 N–H and O–H groups in total. The van der Waals surface area contributed by atoms with E-state index in [0.717, 1.165) is 44.6 Å². The normalized spacial score (nSPS) is 13.9. The Morgan fingerprint density at radius 1 is 0.310 bits per heavy atom. The fraction of sp³-hybridized carbons (Fsp3) is 0.296. The molecule has 6 aromatic carbocycles. The molecule has 0 saturated carbocycles. The standard InChI is InChI=1S/C54H54N2O2/c1-51(2,3)31-13-21-45-41(25-31)42-26-32(52(4,5)6)14-22-46(42)55(45)35-17-19-37-39(29-35)40-30-36(18-20-38(40)50(58)49(37)57)56-47-23-15-33(53(7,8)9)27-43(47)44-28-34(54(10,11)12)16-24-48(44)56/h13-30H,1-12H3. The Labute approximate surface area is 342 Å². The van der Waals surface area contributed by atoms with E-state index in [1.54, 1.807) is 0 Å². The van der Waals surface area contributed by atoms with E-state index in [1.165, 1.54) is 43.8 Å². The molecule has 4 nitrogen and oxygen atoms in total. The molecule has 0 aliphatic heterocycles. The Balaban J connectivity index is 1.29. The van der Waals surface area contributed by atoms with E-state index >= 15 is 0 Å². The molecule has 0 radical (unpaired) electrons.